The number of nitrogens with zero attached hydrogens (tertiary/aromatic N) is 1. The van der Waals surface area contributed by atoms with E-state index >= 15 is 0 Å². The Balaban J connectivity index is 1.77. The molecule has 5 nitrogen and oxygen atoms in total. The van der Waals surface area contributed by atoms with Crippen LogP contribution in [0.1, 0.15) is 49.4 Å². The molecule has 0 aliphatic heterocycles. The molecule has 0 radical (unpaired) electrons. The van der Waals surface area contributed by atoms with Crippen molar-refractivity contribution >= 4 is 21.6 Å². The van der Waals surface area contributed by atoms with Crippen LogP contribution in [0.15, 0.2) is 48.5 Å². The van der Waals surface area contributed by atoms with Crippen LogP contribution in [-0.4, -0.2) is 26.6 Å². The second-order valence-corrected chi connectivity index (χ2v) is 9.40. The number of carbonyl (C=O) groups is 1. The van der Waals surface area contributed by atoms with Gasteiger partial charge in [-0.2, -0.15) is 0 Å². The summed E-state index contributed by atoms with van der Waals surface area (Å²) in [4.78, 5) is 12.9. The molecule has 0 heterocycles. The van der Waals surface area contributed by atoms with Gasteiger partial charge in [0.15, 0.2) is 0 Å². The standard InChI is InChI=1S/C22H28N2O3S/c1-16(19-14-13-18-9-7-8-10-20(18)15-19)23-22(25)17(2)24(28(3,26)27)21-11-5-4-6-12-21/h4-6,11-17H,7-10H2,1-3H3,(H,23,25)/t16-,17+/m1/s1. The highest BCUT2D eigenvalue weighted by Gasteiger charge is 2.29. The van der Waals surface area contributed by atoms with Crippen LogP contribution in [0, 0.1) is 0 Å². The number of nitrogens with one attached hydrogen (secondary N) is 1. The van der Waals surface area contributed by atoms with Crippen molar-refractivity contribution in [1.29, 1.82) is 0 Å². The Morgan fingerprint density at radius 1 is 1.00 bits per heavy atom. The van der Waals surface area contributed by atoms with Crippen molar-refractivity contribution in [2.75, 3.05) is 10.6 Å². The summed E-state index contributed by atoms with van der Waals surface area (Å²) in [5, 5.41) is 2.98. The predicted octanol–water partition coefficient (Wildman–Crippen LogP) is 3.60. The summed E-state index contributed by atoms with van der Waals surface area (Å²) < 4.78 is 25.8. The molecule has 150 valence electrons. The summed E-state index contributed by atoms with van der Waals surface area (Å²) in [7, 11) is -3.60. The predicted molar refractivity (Wildman–Crippen MR) is 113 cm³/mol. The number of fused-ring (bicyclic) bond motifs is 1. The molecule has 2 aromatic carbocycles. The SMILES string of the molecule is C[C@@H](NC(=O)[C@H](C)N(c1ccccc1)S(C)(=O)=O)c1ccc2c(c1)CCCC2. The first-order valence-corrected chi connectivity index (χ1v) is 11.6. The summed E-state index contributed by atoms with van der Waals surface area (Å²) in [5.41, 5.74) is 4.29. The Bertz CT molecular complexity index is 942. The maximum Gasteiger partial charge on any atom is 0.244 e. The molecule has 1 amide bonds. The molecule has 0 saturated heterocycles. The van der Waals surface area contributed by atoms with Gasteiger partial charge >= 0.3 is 0 Å². The van der Waals surface area contributed by atoms with Gasteiger partial charge in [0.05, 0.1) is 18.0 Å². The zero-order valence-electron chi connectivity index (χ0n) is 16.7. The van der Waals surface area contributed by atoms with E-state index in [2.05, 4.69) is 23.5 Å². The zero-order chi connectivity index (χ0) is 20.3. The smallest absolute Gasteiger partial charge is 0.244 e. The van der Waals surface area contributed by atoms with Crippen molar-refractivity contribution in [3.63, 3.8) is 0 Å². The van der Waals surface area contributed by atoms with E-state index in [9.17, 15) is 13.2 Å². The Labute approximate surface area is 167 Å². The molecular formula is C22H28N2O3S. The van der Waals surface area contributed by atoms with Gasteiger partial charge in [0, 0.05) is 0 Å². The summed E-state index contributed by atoms with van der Waals surface area (Å²) in [6.45, 7) is 3.55. The topological polar surface area (TPSA) is 66.5 Å². The van der Waals surface area contributed by atoms with Crippen molar-refractivity contribution in [3.05, 3.63) is 65.2 Å². The van der Waals surface area contributed by atoms with E-state index in [1.165, 1.54) is 28.3 Å². The number of anilines is 1. The molecule has 1 aliphatic rings. The van der Waals surface area contributed by atoms with Gasteiger partial charge in [-0.3, -0.25) is 9.10 Å². The molecule has 28 heavy (non-hydrogen) atoms. The van der Waals surface area contributed by atoms with Gasteiger partial charge in [-0.05, 0) is 68.4 Å². The van der Waals surface area contributed by atoms with Crippen molar-refractivity contribution in [2.24, 2.45) is 0 Å². The van der Waals surface area contributed by atoms with Crippen LogP contribution in [0.4, 0.5) is 5.69 Å². The number of hydrogen-bond donors (Lipinski definition) is 1. The number of aryl methyl sites for hydroxylation is 2. The first-order valence-electron chi connectivity index (χ1n) is 9.74. The second-order valence-electron chi connectivity index (χ2n) is 7.54. The lowest BCUT2D eigenvalue weighted by Gasteiger charge is -2.29. The van der Waals surface area contributed by atoms with Crippen molar-refractivity contribution < 1.29 is 13.2 Å². The molecule has 1 aliphatic carbocycles. The van der Waals surface area contributed by atoms with E-state index in [-0.39, 0.29) is 11.9 Å². The van der Waals surface area contributed by atoms with Gasteiger partial charge < -0.3 is 5.32 Å². The molecule has 0 bridgehead atoms. The highest BCUT2D eigenvalue weighted by molar-refractivity contribution is 7.92. The minimum Gasteiger partial charge on any atom is -0.348 e. The summed E-state index contributed by atoms with van der Waals surface area (Å²) in [5.74, 6) is -0.320. The quantitative estimate of drug-likeness (QED) is 0.806. The molecule has 3 rings (SSSR count). The van der Waals surface area contributed by atoms with Crippen LogP contribution < -0.4 is 9.62 Å². The number of sulfonamides is 1. The molecule has 2 atom stereocenters. The molecule has 0 aromatic heterocycles. The number of rotatable bonds is 6. The maximum absolute atomic E-state index is 12.9. The maximum atomic E-state index is 12.9. The molecule has 6 heteroatoms. The Morgan fingerprint density at radius 3 is 2.29 bits per heavy atom. The fourth-order valence-electron chi connectivity index (χ4n) is 3.82. The van der Waals surface area contributed by atoms with E-state index in [0.29, 0.717) is 5.69 Å². The summed E-state index contributed by atoms with van der Waals surface area (Å²) >= 11 is 0. The normalized spacial score (nSPS) is 16.0. The molecule has 0 unspecified atom stereocenters. The summed E-state index contributed by atoms with van der Waals surface area (Å²) in [6, 6.07) is 14.1. The lowest BCUT2D eigenvalue weighted by atomic mass is 9.89. The van der Waals surface area contributed by atoms with Crippen LogP contribution in [0.5, 0.6) is 0 Å². The van der Waals surface area contributed by atoms with Crippen LogP contribution in [-0.2, 0) is 27.7 Å². The van der Waals surface area contributed by atoms with Crippen molar-refractivity contribution in [1.82, 2.24) is 5.32 Å². The third kappa shape index (κ3) is 4.55. The van der Waals surface area contributed by atoms with Gasteiger partial charge in [0.1, 0.15) is 6.04 Å². The van der Waals surface area contributed by atoms with E-state index < -0.39 is 16.1 Å². The first kappa shape index (κ1) is 20.4. The highest BCUT2D eigenvalue weighted by Crippen LogP contribution is 2.25. The van der Waals surface area contributed by atoms with Crippen LogP contribution >= 0.6 is 0 Å². The van der Waals surface area contributed by atoms with Gasteiger partial charge in [-0.25, -0.2) is 8.42 Å². The van der Waals surface area contributed by atoms with Crippen molar-refractivity contribution in [2.45, 2.75) is 51.6 Å². The largest absolute Gasteiger partial charge is 0.348 e. The fraction of sp³-hybridized carbons (Fsp3) is 0.409. The van der Waals surface area contributed by atoms with Gasteiger partial charge in [-0.15, -0.1) is 0 Å². The van der Waals surface area contributed by atoms with Crippen molar-refractivity contribution in [3.8, 4) is 0 Å². The molecule has 0 saturated carbocycles. The van der Waals surface area contributed by atoms with Gasteiger partial charge in [0.25, 0.3) is 0 Å². The fourth-order valence-corrected chi connectivity index (χ4v) is 5.00. The second kappa shape index (κ2) is 8.35. The minimum atomic E-state index is -3.60. The highest BCUT2D eigenvalue weighted by atomic mass is 32.2. The third-order valence-corrected chi connectivity index (χ3v) is 6.57. The van der Waals surface area contributed by atoms with Crippen LogP contribution in [0.3, 0.4) is 0 Å². The lowest BCUT2D eigenvalue weighted by Crippen LogP contribution is -2.48. The first-order chi connectivity index (χ1) is 13.3. The Kier molecular flexibility index (Phi) is 6.08. The zero-order valence-corrected chi connectivity index (χ0v) is 17.5. The molecule has 0 fully saturated rings. The van der Waals surface area contributed by atoms with E-state index in [1.807, 2.05) is 13.0 Å². The van der Waals surface area contributed by atoms with Crippen LogP contribution in [0.2, 0.25) is 0 Å². The van der Waals surface area contributed by atoms with E-state index in [4.69, 9.17) is 0 Å². The Hall–Kier alpha value is -2.34. The number of hydrogen-bond acceptors (Lipinski definition) is 3. The number of carbonyl (C=O) groups excluding carboxylic acids is 1. The third-order valence-electron chi connectivity index (χ3n) is 5.33. The average molecular weight is 401 g/mol. The molecule has 1 N–H and O–H groups in total. The minimum absolute atomic E-state index is 0.195. The average Bonchev–Trinajstić information content (AvgIpc) is 2.67. The number of amides is 1. The summed E-state index contributed by atoms with van der Waals surface area (Å²) in [6.07, 6.45) is 5.76. The van der Waals surface area contributed by atoms with E-state index in [1.54, 1.807) is 31.2 Å². The molecule has 2 aromatic rings. The van der Waals surface area contributed by atoms with Gasteiger partial charge in [-0.1, -0.05) is 36.4 Å². The molecular weight excluding hydrogens is 372 g/mol. The number of para-hydroxylation sites is 1. The number of benzene rings is 2. The van der Waals surface area contributed by atoms with E-state index in [0.717, 1.165) is 24.7 Å². The molecule has 0 spiro atoms. The van der Waals surface area contributed by atoms with Crippen LogP contribution in [0.25, 0.3) is 0 Å². The Morgan fingerprint density at radius 2 is 1.64 bits per heavy atom. The van der Waals surface area contributed by atoms with Gasteiger partial charge in [0.2, 0.25) is 15.9 Å². The monoisotopic (exact) mass is 400 g/mol. The lowest BCUT2D eigenvalue weighted by molar-refractivity contribution is -0.122.